The van der Waals surface area contributed by atoms with Crippen molar-refractivity contribution in [2.75, 3.05) is 0 Å². The zero-order valence-electron chi connectivity index (χ0n) is 16.9. The number of carboxylic acid groups (broad SMARTS) is 1. The molecule has 0 fully saturated rings. The molecule has 0 bridgehead atoms. The fraction of sp³-hybridized carbons (Fsp3) is 0.238. The highest BCUT2D eigenvalue weighted by molar-refractivity contribution is 6.03. The van der Waals surface area contributed by atoms with Gasteiger partial charge in [0.1, 0.15) is 5.71 Å². The molecule has 1 N–H and O–H groups in total. The van der Waals surface area contributed by atoms with E-state index in [1.807, 2.05) is 0 Å². The summed E-state index contributed by atoms with van der Waals surface area (Å²) >= 11 is 0. The second kappa shape index (κ2) is 7.65. The average Bonchev–Trinajstić information content (AvgIpc) is 3.39. The van der Waals surface area contributed by atoms with Crippen LogP contribution in [0.15, 0.2) is 53.8 Å². The largest absolute Gasteiger partial charge is 0.478 e. The van der Waals surface area contributed by atoms with E-state index in [1.165, 1.54) is 22.7 Å². The minimum Gasteiger partial charge on any atom is -0.478 e. The summed E-state index contributed by atoms with van der Waals surface area (Å²) in [6.45, 7) is 0. The molecule has 0 spiro atoms. The van der Waals surface area contributed by atoms with E-state index in [-0.39, 0.29) is 35.0 Å². The first kappa shape index (κ1) is 24.4. The van der Waals surface area contributed by atoms with Crippen LogP contribution in [0, 0.1) is 0 Å². The first-order valence-electron chi connectivity index (χ1n) is 9.50. The minimum atomic E-state index is -5.48. The molecule has 1 atom stereocenters. The van der Waals surface area contributed by atoms with Crippen LogP contribution in [0.5, 0.6) is 0 Å². The second-order valence-corrected chi connectivity index (χ2v) is 7.63. The summed E-state index contributed by atoms with van der Waals surface area (Å²) in [5, 5.41) is 12.6. The molecule has 0 saturated carbocycles. The van der Waals surface area contributed by atoms with E-state index in [4.69, 9.17) is 0 Å². The lowest BCUT2D eigenvalue weighted by molar-refractivity contribution is -0.276. The molecular weight excluding hydrogens is 499 g/mol. The lowest BCUT2D eigenvalue weighted by Crippen LogP contribution is -2.43. The predicted octanol–water partition coefficient (Wildman–Crippen LogP) is 6.26. The van der Waals surface area contributed by atoms with Gasteiger partial charge < -0.3 is 14.3 Å². The smallest absolute Gasteiger partial charge is 0.435 e. The molecule has 0 aliphatic carbocycles. The summed E-state index contributed by atoms with van der Waals surface area (Å²) < 4.78 is 123. The first-order chi connectivity index (χ1) is 16.0. The van der Waals surface area contributed by atoms with E-state index in [9.17, 15) is 49.4 Å². The van der Waals surface area contributed by atoms with Crippen LogP contribution in [0.25, 0.3) is 5.52 Å². The number of carboxylic acids is 1. The summed E-state index contributed by atoms with van der Waals surface area (Å²) in [6, 6.07) is 4.52. The Morgan fingerprint density at radius 1 is 0.943 bits per heavy atom. The molecule has 186 valence electrons. The van der Waals surface area contributed by atoms with Gasteiger partial charge >= 0.3 is 24.5 Å². The Bertz CT molecular complexity index is 1320. The number of aromatic carboxylic acids is 1. The quantitative estimate of drug-likeness (QED) is 0.424. The van der Waals surface area contributed by atoms with E-state index in [0.717, 1.165) is 12.1 Å². The van der Waals surface area contributed by atoms with Crippen LogP contribution in [-0.4, -0.2) is 27.4 Å². The molecule has 0 radical (unpaired) electrons. The molecule has 5 nitrogen and oxygen atoms in total. The van der Waals surface area contributed by atoms with E-state index in [2.05, 4.69) is 9.99 Å². The molecule has 0 amide bonds. The number of rotatable bonds is 3. The number of pyridine rings is 1. The van der Waals surface area contributed by atoms with E-state index < -0.39 is 58.9 Å². The maximum Gasteiger partial charge on any atom is 0.435 e. The number of carbonyl (C=O) groups is 1. The lowest BCUT2D eigenvalue weighted by atomic mass is 9.85. The molecule has 3 heterocycles. The van der Waals surface area contributed by atoms with Crippen LogP contribution in [0.3, 0.4) is 0 Å². The van der Waals surface area contributed by atoms with Crippen molar-refractivity contribution in [3.63, 3.8) is 0 Å². The molecular formula is C21H11F9N2O3. The molecule has 0 saturated heterocycles. The SMILES string of the molecule is O=C(O)c1ccc(C2=NOC(c3cc(C(F)(F)F)cc(C(F)(F)F)c3)(C(F)(F)F)C2)n2cccc12. The molecule has 1 aliphatic heterocycles. The number of nitrogens with zero attached hydrogens (tertiary/aromatic N) is 2. The van der Waals surface area contributed by atoms with Crippen molar-refractivity contribution >= 4 is 17.2 Å². The Kier molecular flexibility index (Phi) is 5.34. The predicted molar refractivity (Wildman–Crippen MR) is 101 cm³/mol. The van der Waals surface area contributed by atoms with Gasteiger partial charge in [0.2, 0.25) is 0 Å². The maximum absolute atomic E-state index is 14.2. The van der Waals surface area contributed by atoms with Gasteiger partial charge in [-0.05, 0) is 42.5 Å². The molecule has 1 aromatic carbocycles. The third kappa shape index (κ3) is 4.06. The molecule has 1 aliphatic rings. The summed E-state index contributed by atoms with van der Waals surface area (Å²) in [7, 11) is 0. The average molecular weight is 510 g/mol. The molecule has 35 heavy (non-hydrogen) atoms. The topological polar surface area (TPSA) is 63.3 Å². The Balaban J connectivity index is 1.87. The highest BCUT2D eigenvalue weighted by Gasteiger charge is 2.63. The van der Waals surface area contributed by atoms with Gasteiger partial charge in [0.05, 0.1) is 34.3 Å². The summed E-state index contributed by atoms with van der Waals surface area (Å²) in [5.41, 5.74) is -9.67. The normalized spacial score (nSPS) is 19.1. The summed E-state index contributed by atoms with van der Waals surface area (Å²) in [4.78, 5) is 16.0. The van der Waals surface area contributed by atoms with E-state index >= 15 is 0 Å². The van der Waals surface area contributed by atoms with Gasteiger partial charge in [-0.3, -0.25) is 0 Å². The van der Waals surface area contributed by atoms with Gasteiger partial charge in [-0.1, -0.05) is 5.16 Å². The fourth-order valence-corrected chi connectivity index (χ4v) is 3.78. The molecule has 3 aromatic rings. The Morgan fingerprint density at radius 3 is 2.06 bits per heavy atom. The van der Waals surface area contributed by atoms with Crippen LogP contribution >= 0.6 is 0 Å². The van der Waals surface area contributed by atoms with Crippen LogP contribution in [0.4, 0.5) is 39.5 Å². The number of oxime groups is 1. The van der Waals surface area contributed by atoms with Gasteiger partial charge in [-0.2, -0.15) is 39.5 Å². The number of fused-ring (bicyclic) bond motifs is 1. The van der Waals surface area contributed by atoms with Crippen molar-refractivity contribution < 1.29 is 54.3 Å². The first-order valence-corrected chi connectivity index (χ1v) is 9.50. The second-order valence-electron chi connectivity index (χ2n) is 7.63. The number of halogens is 9. The van der Waals surface area contributed by atoms with Crippen molar-refractivity contribution in [3.8, 4) is 0 Å². The molecule has 14 heteroatoms. The monoisotopic (exact) mass is 510 g/mol. The van der Waals surface area contributed by atoms with Gasteiger partial charge in [-0.25, -0.2) is 4.79 Å². The van der Waals surface area contributed by atoms with E-state index in [1.54, 1.807) is 0 Å². The number of benzene rings is 1. The number of hydrogen-bond donors (Lipinski definition) is 1. The van der Waals surface area contributed by atoms with Crippen molar-refractivity contribution in [1.29, 1.82) is 0 Å². The van der Waals surface area contributed by atoms with Gasteiger partial charge in [0.25, 0.3) is 5.60 Å². The Hall–Kier alpha value is -3.71. The highest BCUT2D eigenvalue weighted by Crippen LogP contribution is 2.51. The van der Waals surface area contributed by atoms with Crippen molar-refractivity contribution in [1.82, 2.24) is 4.40 Å². The number of aromatic nitrogens is 1. The van der Waals surface area contributed by atoms with E-state index in [0.29, 0.717) is 0 Å². The zero-order valence-corrected chi connectivity index (χ0v) is 16.9. The van der Waals surface area contributed by atoms with Crippen molar-refractivity contribution in [2.24, 2.45) is 5.16 Å². The summed E-state index contributed by atoms with van der Waals surface area (Å²) in [6.07, 6.45) is -16.2. The minimum absolute atomic E-state index is 0.0556. The third-order valence-corrected chi connectivity index (χ3v) is 5.46. The molecule has 1 unspecified atom stereocenters. The van der Waals surface area contributed by atoms with Gasteiger partial charge in [0.15, 0.2) is 0 Å². The number of hydrogen-bond acceptors (Lipinski definition) is 3. The van der Waals surface area contributed by atoms with Crippen LogP contribution in [0.1, 0.15) is 39.2 Å². The lowest BCUT2D eigenvalue weighted by Gasteiger charge is -2.30. The number of alkyl halides is 9. The fourth-order valence-electron chi connectivity index (χ4n) is 3.78. The van der Waals surface area contributed by atoms with Gasteiger partial charge in [-0.15, -0.1) is 0 Å². The zero-order chi connectivity index (χ0) is 26.0. The van der Waals surface area contributed by atoms with Crippen molar-refractivity contribution in [2.45, 2.75) is 30.6 Å². The molecule has 4 rings (SSSR count). The Morgan fingerprint density at radius 2 is 1.54 bits per heavy atom. The highest BCUT2D eigenvalue weighted by atomic mass is 19.4. The van der Waals surface area contributed by atoms with Crippen LogP contribution < -0.4 is 0 Å². The van der Waals surface area contributed by atoms with Crippen LogP contribution in [0.2, 0.25) is 0 Å². The van der Waals surface area contributed by atoms with Crippen molar-refractivity contribution in [3.05, 3.63) is 76.6 Å². The van der Waals surface area contributed by atoms with Crippen LogP contribution in [-0.2, 0) is 22.8 Å². The maximum atomic E-state index is 14.2. The van der Waals surface area contributed by atoms with Gasteiger partial charge in [0, 0.05) is 11.8 Å². The summed E-state index contributed by atoms with van der Waals surface area (Å²) in [5.74, 6) is -1.34. The standard InChI is InChI=1S/C21H11F9N2O3/c22-19(23,24)11-6-10(7-12(8-11)20(25,26)27)18(21(28,29)30)9-14(31-35-18)16-4-3-13(17(33)34)15-2-1-5-32(15)16/h1-8H,9H2,(H,33,34). The Labute approximate surface area is 189 Å². The molecule has 2 aromatic heterocycles. The third-order valence-electron chi connectivity index (χ3n) is 5.46.